The molecule has 1 aliphatic rings. The highest BCUT2D eigenvalue weighted by Gasteiger charge is 2.17. The molecule has 0 saturated carbocycles. The van der Waals surface area contributed by atoms with E-state index in [4.69, 9.17) is 5.11 Å². The Balaban J connectivity index is 2.13. The topological polar surface area (TPSA) is 66.4 Å². The Morgan fingerprint density at radius 1 is 1.22 bits per heavy atom. The van der Waals surface area contributed by atoms with E-state index in [1.54, 1.807) is 6.07 Å². The minimum atomic E-state index is -1.03. The minimum absolute atomic E-state index is 0.321. The molecule has 2 N–H and O–H groups in total. The molecule has 4 heteroatoms. The summed E-state index contributed by atoms with van der Waals surface area (Å²) in [6.07, 6.45) is 4.44. The van der Waals surface area contributed by atoms with Gasteiger partial charge in [0.05, 0.1) is 0 Å². The molecule has 0 fully saturated rings. The highest BCUT2D eigenvalue weighted by atomic mass is 16.4. The first-order valence-electron chi connectivity index (χ1n) is 6.23. The third kappa shape index (κ3) is 2.70. The van der Waals surface area contributed by atoms with Crippen LogP contribution in [-0.2, 0) is 17.6 Å². The van der Waals surface area contributed by atoms with E-state index in [0.717, 1.165) is 19.3 Å². The predicted octanol–water partition coefficient (Wildman–Crippen LogP) is 1.77. The molecular weight excluding hydrogens is 230 g/mol. The number of amides is 1. The van der Waals surface area contributed by atoms with E-state index in [-0.39, 0.29) is 5.91 Å². The van der Waals surface area contributed by atoms with Gasteiger partial charge in [0.1, 0.15) is 6.04 Å². The smallest absolute Gasteiger partial charge is 0.325 e. The monoisotopic (exact) mass is 247 g/mol. The number of fused-ring (bicyclic) bond motifs is 1. The molecule has 0 saturated heterocycles. The molecule has 0 spiro atoms. The van der Waals surface area contributed by atoms with Crippen LogP contribution in [0.25, 0.3) is 0 Å². The van der Waals surface area contributed by atoms with Gasteiger partial charge in [0, 0.05) is 5.56 Å². The van der Waals surface area contributed by atoms with Gasteiger partial charge in [-0.3, -0.25) is 9.59 Å². The lowest BCUT2D eigenvalue weighted by Gasteiger charge is -2.17. The second kappa shape index (κ2) is 5.21. The van der Waals surface area contributed by atoms with Crippen molar-refractivity contribution in [2.24, 2.45) is 0 Å². The predicted molar refractivity (Wildman–Crippen MR) is 67.6 cm³/mol. The van der Waals surface area contributed by atoms with Crippen molar-refractivity contribution in [3.63, 3.8) is 0 Å². The zero-order valence-corrected chi connectivity index (χ0v) is 10.4. The molecule has 0 heterocycles. The fourth-order valence-corrected chi connectivity index (χ4v) is 2.22. The van der Waals surface area contributed by atoms with E-state index in [2.05, 4.69) is 5.32 Å². The molecule has 0 bridgehead atoms. The van der Waals surface area contributed by atoms with Crippen LogP contribution in [0.2, 0.25) is 0 Å². The minimum Gasteiger partial charge on any atom is -0.480 e. The molecule has 1 aliphatic carbocycles. The van der Waals surface area contributed by atoms with Crippen LogP contribution in [0.1, 0.15) is 41.3 Å². The Hall–Kier alpha value is -1.84. The van der Waals surface area contributed by atoms with Crippen molar-refractivity contribution in [1.82, 2.24) is 5.32 Å². The zero-order chi connectivity index (χ0) is 13.1. The Morgan fingerprint density at radius 2 is 1.89 bits per heavy atom. The summed E-state index contributed by atoms with van der Waals surface area (Å²) in [4.78, 5) is 22.6. The van der Waals surface area contributed by atoms with Gasteiger partial charge in [0.25, 0.3) is 5.91 Å². The third-order valence-electron chi connectivity index (χ3n) is 3.33. The number of nitrogens with one attached hydrogen (secondary N) is 1. The first kappa shape index (κ1) is 12.6. The number of hydrogen-bond donors (Lipinski definition) is 2. The van der Waals surface area contributed by atoms with Crippen molar-refractivity contribution < 1.29 is 14.7 Å². The SMILES string of the molecule is C[C@@H](NC(=O)c1ccc2c(c1)CCCC2)C(=O)O. The molecule has 2 rings (SSSR count). The van der Waals surface area contributed by atoms with Gasteiger partial charge in [-0.15, -0.1) is 0 Å². The highest BCUT2D eigenvalue weighted by molar-refractivity contribution is 5.96. The van der Waals surface area contributed by atoms with Crippen molar-refractivity contribution >= 4 is 11.9 Å². The third-order valence-corrected chi connectivity index (χ3v) is 3.33. The van der Waals surface area contributed by atoms with Crippen molar-refractivity contribution in [3.05, 3.63) is 34.9 Å². The summed E-state index contributed by atoms with van der Waals surface area (Å²) >= 11 is 0. The molecule has 96 valence electrons. The quantitative estimate of drug-likeness (QED) is 0.855. The Morgan fingerprint density at radius 3 is 2.56 bits per heavy atom. The zero-order valence-electron chi connectivity index (χ0n) is 10.4. The van der Waals surface area contributed by atoms with Crippen LogP contribution >= 0.6 is 0 Å². The lowest BCUT2D eigenvalue weighted by atomic mass is 9.90. The van der Waals surface area contributed by atoms with Gasteiger partial charge in [-0.1, -0.05) is 6.07 Å². The second-order valence-corrected chi connectivity index (χ2v) is 4.72. The first-order valence-corrected chi connectivity index (χ1v) is 6.23. The molecule has 4 nitrogen and oxygen atoms in total. The van der Waals surface area contributed by atoms with Crippen LogP contribution in [-0.4, -0.2) is 23.0 Å². The lowest BCUT2D eigenvalue weighted by molar-refractivity contribution is -0.138. The standard InChI is InChI=1S/C14H17NO3/c1-9(14(17)18)15-13(16)12-7-6-10-4-2-3-5-11(10)8-12/h6-9H,2-5H2,1H3,(H,15,16)(H,17,18)/t9-/m1/s1. The summed E-state index contributed by atoms with van der Waals surface area (Å²) in [5.74, 6) is -1.35. The maximum Gasteiger partial charge on any atom is 0.325 e. The van der Waals surface area contributed by atoms with Gasteiger partial charge in [0.15, 0.2) is 0 Å². The van der Waals surface area contributed by atoms with Crippen LogP contribution < -0.4 is 5.32 Å². The van der Waals surface area contributed by atoms with E-state index in [0.29, 0.717) is 5.56 Å². The van der Waals surface area contributed by atoms with Gasteiger partial charge < -0.3 is 10.4 Å². The Bertz CT molecular complexity index is 482. The van der Waals surface area contributed by atoms with E-state index in [9.17, 15) is 9.59 Å². The maximum atomic E-state index is 11.9. The highest BCUT2D eigenvalue weighted by Crippen LogP contribution is 2.22. The lowest BCUT2D eigenvalue weighted by Crippen LogP contribution is -2.38. The fraction of sp³-hybridized carbons (Fsp3) is 0.429. The van der Waals surface area contributed by atoms with Crippen molar-refractivity contribution in [2.45, 2.75) is 38.6 Å². The first-order chi connectivity index (χ1) is 8.58. The normalized spacial score (nSPS) is 15.6. The van der Waals surface area contributed by atoms with Crippen LogP contribution in [0.4, 0.5) is 0 Å². The van der Waals surface area contributed by atoms with E-state index in [1.165, 1.54) is 24.5 Å². The van der Waals surface area contributed by atoms with Gasteiger partial charge in [0.2, 0.25) is 0 Å². The van der Waals surface area contributed by atoms with Gasteiger partial charge >= 0.3 is 5.97 Å². The number of benzene rings is 1. The summed E-state index contributed by atoms with van der Waals surface area (Å²) in [5.41, 5.74) is 3.07. The number of carboxylic acid groups (broad SMARTS) is 1. The summed E-state index contributed by atoms with van der Waals surface area (Å²) < 4.78 is 0. The number of carboxylic acids is 1. The number of rotatable bonds is 3. The van der Waals surface area contributed by atoms with Gasteiger partial charge in [-0.2, -0.15) is 0 Å². The molecular formula is C14H17NO3. The second-order valence-electron chi connectivity index (χ2n) is 4.72. The van der Waals surface area contributed by atoms with Crippen molar-refractivity contribution in [1.29, 1.82) is 0 Å². The maximum absolute atomic E-state index is 11.9. The average Bonchev–Trinajstić information content (AvgIpc) is 2.37. The van der Waals surface area contributed by atoms with Crippen molar-refractivity contribution in [3.8, 4) is 0 Å². The molecule has 18 heavy (non-hydrogen) atoms. The largest absolute Gasteiger partial charge is 0.480 e. The van der Waals surface area contributed by atoms with E-state index in [1.807, 2.05) is 12.1 Å². The Kier molecular flexibility index (Phi) is 3.65. The summed E-state index contributed by atoms with van der Waals surface area (Å²) in [5, 5.41) is 11.2. The summed E-state index contributed by atoms with van der Waals surface area (Å²) in [7, 11) is 0. The molecule has 1 atom stereocenters. The summed E-state index contributed by atoms with van der Waals surface area (Å²) in [6.45, 7) is 1.46. The van der Waals surface area contributed by atoms with Crippen LogP contribution in [0.3, 0.4) is 0 Å². The molecule has 0 aliphatic heterocycles. The molecule has 0 aromatic heterocycles. The van der Waals surface area contributed by atoms with E-state index >= 15 is 0 Å². The fourth-order valence-electron chi connectivity index (χ4n) is 2.22. The van der Waals surface area contributed by atoms with Crippen LogP contribution in [0, 0.1) is 0 Å². The molecule has 0 unspecified atom stereocenters. The number of hydrogen-bond acceptors (Lipinski definition) is 2. The number of aliphatic carboxylic acids is 1. The van der Waals surface area contributed by atoms with Crippen LogP contribution in [0.5, 0.6) is 0 Å². The average molecular weight is 247 g/mol. The number of carbonyl (C=O) groups is 2. The summed E-state index contributed by atoms with van der Waals surface area (Å²) in [6, 6.07) is 4.77. The number of aryl methyl sites for hydroxylation is 2. The molecule has 0 radical (unpaired) electrons. The number of carbonyl (C=O) groups excluding carboxylic acids is 1. The molecule has 1 amide bonds. The Labute approximate surface area is 106 Å². The molecule has 1 aromatic carbocycles. The van der Waals surface area contributed by atoms with Gasteiger partial charge in [-0.25, -0.2) is 0 Å². The van der Waals surface area contributed by atoms with E-state index < -0.39 is 12.0 Å². The molecule has 1 aromatic rings. The van der Waals surface area contributed by atoms with Crippen molar-refractivity contribution in [2.75, 3.05) is 0 Å². The van der Waals surface area contributed by atoms with Crippen LogP contribution in [0.15, 0.2) is 18.2 Å². The van der Waals surface area contributed by atoms with Gasteiger partial charge in [-0.05, 0) is 55.9 Å².